The first-order valence-electron chi connectivity index (χ1n) is 13.1. The third-order valence-electron chi connectivity index (χ3n) is 7.50. The van der Waals surface area contributed by atoms with Crippen LogP contribution in [-0.4, -0.2) is 50.1 Å². The lowest BCUT2D eigenvalue weighted by Crippen LogP contribution is -2.43. The first kappa shape index (κ1) is 25.4. The highest BCUT2D eigenvalue weighted by molar-refractivity contribution is 7.17. The van der Waals surface area contributed by atoms with Gasteiger partial charge in [-0.3, -0.25) is 14.9 Å². The van der Waals surface area contributed by atoms with Crippen LogP contribution >= 0.6 is 11.3 Å². The van der Waals surface area contributed by atoms with E-state index in [4.69, 9.17) is 9.72 Å². The highest BCUT2D eigenvalue weighted by Crippen LogP contribution is 2.55. The van der Waals surface area contributed by atoms with E-state index in [9.17, 15) is 14.4 Å². The van der Waals surface area contributed by atoms with Gasteiger partial charge in [-0.15, -0.1) is 11.3 Å². The molecular weight excluding hydrogens is 514 g/mol. The predicted octanol–water partition coefficient (Wildman–Crippen LogP) is 5.67. The quantitative estimate of drug-likeness (QED) is 0.344. The van der Waals surface area contributed by atoms with Crippen LogP contribution in [0.1, 0.15) is 55.7 Å². The number of aromatic nitrogens is 3. The van der Waals surface area contributed by atoms with Crippen LogP contribution < -0.4 is 10.9 Å². The number of para-hydroxylation sites is 2. The minimum absolute atomic E-state index is 0.0599. The molecule has 1 aromatic carbocycles. The van der Waals surface area contributed by atoms with Crippen molar-refractivity contribution < 1.29 is 14.3 Å². The highest BCUT2D eigenvalue weighted by Gasteiger charge is 2.51. The molecule has 2 fully saturated rings. The minimum Gasteiger partial charge on any atom is -0.444 e. The number of fused-ring (bicyclic) bond motifs is 1. The molecule has 1 aliphatic carbocycles. The summed E-state index contributed by atoms with van der Waals surface area (Å²) in [5, 5.41) is 3.04. The number of aromatic amines is 1. The van der Waals surface area contributed by atoms with Crippen molar-refractivity contribution in [3.8, 4) is 10.4 Å². The molecule has 1 aliphatic heterocycles. The summed E-state index contributed by atoms with van der Waals surface area (Å²) >= 11 is 1.33. The Labute approximate surface area is 229 Å². The molecule has 4 heterocycles. The third kappa shape index (κ3) is 4.96. The van der Waals surface area contributed by atoms with Gasteiger partial charge >= 0.3 is 6.09 Å². The zero-order valence-corrected chi connectivity index (χ0v) is 23.0. The molecule has 1 spiro atoms. The number of hydrogen-bond donors (Lipinski definition) is 2. The molecular formula is C29H31N5O4S. The molecule has 3 aromatic heterocycles. The fraction of sp³-hybridized carbons (Fsp3) is 0.379. The molecule has 0 atom stereocenters. The predicted molar refractivity (Wildman–Crippen MR) is 151 cm³/mol. The topological polar surface area (TPSA) is 109 Å². The SMILES string of the molecule is CC(C)(C)OC(=O)N1CC[C@]2(C1)C[C@H](n1c(NC(=O)c3ccc(-c4cc[nH]c(=O)c4)s3)nc3ccccc31)C2. The van der Waals surface area contributed by atoms with Gasteiger partial charge in [-0.05, 0) is 81.3 Å². The van der Waals surface area contributed by atoms with E-state index < -0.39 is 5.60 Å². The first-order chi connectivity index (χ1) is 18.6. The van der Waals surface area contributed by atoms with Gasteiger partial charge in [0.05, 0.1) is 15.9 Å². The number of rotatable bonds is 4. The highest BCUT2D eigenvalue weighted by atomic mass is 32.1. The number of pyridine rings is 1. The number of amides is 2. The molecule has 2 N–H and O–H groups in total. The van der Waals surface area contributed by atoms with Gasteiger partial charge in [-0.25, -0.2) is 9.78 Å². The molecule has 9 nitrogen and oxygen atoms in total. The maximum absolute atomic E-state index is 13.3. The molecule has 2 amide bonds. The summed E-state index contributed by atoms with van der Waals surface area (Å²) in [5.74, 6) is 0.285. The standard InChI is InChI=1S/C29H31N5O4S/c1-28(2,3)38-27(37)33-13-11-29(17-33)15-19(16-29)34-21-7-5-4-6-20(21)31-26(34)32-25(36)23-9-8-22(39-23)18-10-12-30-24(35)14-18/h4-10,12,14,19H,11,13,15-17H2,1-3H3,(H,30,35)(H,31,32,36)/t19-,29-. The molecule has 4 aromatic rings. The average molecular weight is 546 g/mol. The minimum atomic E-state index is -0.514. The Hall–Kier alpha value is -3.92. The van der Waals surface area contributed by atoms with Crippen molar-refractivity contribution in [3.63, 3.8) is 0 Å². The summed E-state index contributed by atoms with van der Waals surface area (Å²) in [4.78, 5) is 48.2. The molecule has 1 saturated heterocycles. The maximum atomic E-state index is 13.3. The van der Waals surface area contributed by atoms with Gasteiger partial charge in [-0.1, -0.05) is 12.1 Å². The van der Waals surface area contributed by atoms with Gasteiger partial charge in [0.2, 0.25) is 11.5 Å². The van der Waals surface area contributed by atoms with Gasteiger partial charge in [-0.2, -0.15) is 0 Å². The van der Waals surface area contributed by atoms with Gasteiger partial charge in [0, 0.05) is 36.3 Å². The van der Waals surface area contributed by atoms with Crippen LogP contribution in [-0.2, 0) is 4.74 Å². The second kappa shape index (κ2) is 9.37. The second-order valence-corrected chi connectivity index (χ2v) is 12.7. The Morgan fingerprint density at radius 2 is 1.95 bits per heavy atom. The summed E-state index contributed by atoms with van der Waals surface area (Å²) in [7, 11) is 0. The van der Waals surface area contributed by atoms with Crippen LogP contribution in [0, 0.1) is 5.41 Å². The summed E-state index contributed by atoms with van der Waals surface area (Å²) < 4.78 is 7.73. The molecule has 202 valence electrons. The number of thiophene rings is 1. The van der Waals surface area contributed by atoms with Crippen molar-refractivity contribution in [2.45, 2.75) is 51.7 Å². The second-order valence-electron chi connectivity index (χ2n) is 11.6. The summed E-state index contributed by atoms with van der Waals surface area (Å²) in [6.45, 7) is 7.04. The first-order valence-corrected chi connectivity index (χ1v) is 14.0. The van der Waals surface area contributed by atoms with Crippen molar-refractivity contribution in [2.75, 3.05) is 18.4 Å². The van der Waals surface area contributed by atoms with E-state index in [-0.39, 0.29) is 29.0 Å². The number of ether oxygens (including phenoxy) is 1. The summed E-state index contributed by atoms with van der Waals surface area (Å²) in [6, 6.07) is 15.0. The van der Waals surface area contributed by atoms with E-state index in [1.165, 1.54) is 17.4 Å². The van der Waals surface area contributed by atoms with E-state index in [1.54, 1.807) is 12.3 Å². The number of anilines is 1. The van der Waals surface area contributed by atoms with Gasteiger partial charge in [0.25, 0.3) is 5.91 Å². The molecule has 0 unspecified atom stereocenters. The summed E-state index contributed by atoms with van der Waals surface area (Å²) in [6.07, 6.45) is 4.10. The van der Waals surface area contributed by atoms with Crippen molar-refractivity contribution in [1.82, 2.24) is 19.4 Å². The van der Waals surface area contributed by atoms with Crippen molar-refractivity contribution in [2.24, 2.45) is 5.41 Å². The van der Waals surface area contributed by atoms with Crippen LogP contribution in [0.15, 0.2) is 59.5 Å². The van der Waals surface area contributed by atoms with E-state index in [0.29, 0.717) is 23.9 Å². The Balaban J connectivity index is 1.20. The van der Waals surface area contributed by atoms with Gasteiger partial charge < -0.3 is 19.2 Å². The number of imidazole rings is 1. The Kier molecular flexibility index (Phi) is 6.10. The van der Waals surface area contributed by atoms with E-state index >= 15 is 0 Å². The molecule has 1 saturated carbocycles. The van der Waals surface area contributed by atoms with Crippen molar-refractivity contribution in [3.05, 3.63) is 70.0 Å². The summed E-state index contributed by atoms with van der Waals surface area (Å²) in [5.41, 5.74) is 1.93. The fourth-order valence-corrected chi connectivity index (χ4v) is 6.65. The Bertz CT molecular complexity index is 1620. The third-order valence-corrected chi connectivity index (χ3v) is 8.64. The van der Waals surface area contributed by atoms with Gasteiger partial charge in [0.15, 0.2) is 0 Å². The van der Waals surface area contributed by atoms with Crippen LogP contribution in [0.4, 0.5) is 10.7 Å². The number of benzene rings is 1. The molecule has 10 heteroatoms. The number of hydrogen-bond acceptors (Lipinski definition) is 6. The fourth-order valence-electron chi connectivity index (χ4n) is 5.75. The molecule has 0 radical (unpaired) electrons. The number of H-pyrrole nitrogens is 1. The van der Waals surface area contributed by atoms with Crippen LogP contribution in [0.5, 0.6) is 0 Å². The number of nitrogens with zero attached hydrogens (tertiary/aromatic N) is 3. The van der Waals surface area contributed by atoms with E-state index in [0.717, 1.165) is 40.7 Å². The number of carbonyl (C=O) groups excluding carboxylic acids is 2. The zero-order chi connectivity index (χ0) is 27.4. The molecule has 2 aliphatic rings. The molecule has 0 bridgehead atoms. The number of carbonyl (C=O) groups is 2. The number of nitrogens with one attached hydrogen (secondary N) is 2. The number of likely N-dealkylation sites (tertiary alicyclic amines) is 1. The Morgan fingerprint density at radius 1 is 1.15 bits per heavy atom. The van der Waals surface area contributed by atoms with E-state index in [1.807, 2.05) is 62.1 Å². The van der Waals surface area contributed by atoms with Crippen LogP contribution in [0.2, 0.25) is 0 Å². The molecule has 6 rings (SSSR count). The average Bonchev–Trinajstić information content (AvgIpc) is 3.59. The van der Waals surface area contributed by atoms with E-state index in [2.05, 4.69) is 14.9 Å². The van der Waals surface area contributed by atoms with Crippen molar-refractivity contribution >= 4 is 40.3 Å². The molecule has 39 heavy (non-hydrogen) atoms. The lowest BCUT2D eigenvalue weighted by Gasteiger charge is -2.46. The lowest BCUT2D eigenvalue weighted by molar-refractivity contribution is 0.0199. The smallest absolute Gasteiger partial charge is 0.410 e. The maximum Gasteiger partial charge on any atom is 0.410 e. The normalized spacial score (nSPS) is 20.8. The Morgan fingerprint density at radius 3 is 2.72 bits per heavy atom. The van der Waals surface area contributed by atoms with Crippen molar-refractivity contribution in [1.29, 1.82) is 0 Å². The lowest BCUT2D eigenvalue weighted by atomic mass is 9.65. The largest absolute Gasteiger partial charge is 0.444 e. The van der Waals surface area contributed by atoms with Crippen LogP contribution in [0.3, 0.4) is 0 Å². The monoisotopic (exact) mass is 545 g/mol. The van der Waals surface area contributed by atoms with Crippen LogP contribution in [0.25, 0.3) is 21.5 Å². The van der Waals surface area contributed by atoms with Gasteiger partial charge in [0.1, 0.15) is 5.60 Å². The zero-order valence-electron chi connectivity index (χ0n) is 22.2.